The summed E-state index contributed by atoms with van der Waals surface area (Å²) in [5.41, 5.74) is 5.32. The molecule has 0 amide bonds. The van der Waals surface area contributed by atoms with E-state index in [1.165, 1.54) is 0 Å². The molecule has 1 aliphatic rings. The highest BCUT2D eigenvalue weighted by Crippen LogP contribution is 2.27. The Bertz CT molecular complexity index is 1540. The number of aromatic hydroxyl groups is 1. The minimum Gasteiger partial charge on any atom is -0.508 e. The van der Waals surface area contributed by atoms with Gasteiger partial charge < -0.3 is 5.11 Å². The van der Waals surface area contributed by atoms with Crippen molar-refractivity contribution >= 4 is 11.2 Å². The first kappa shape index (κ1) is 21.3. The molecule has 2 aromatic carbocycles. The molecule has 174 valence electrons. The molecule has 7 nitrogen and oxygen atoms in total. The number of hydrogen-bond acceptors (Lipinski definition) is 5. The van der Waals surface area contributed by atoms with Crippen molar-refractivity contribution in [1.82, 2.24) is 24.0 Å². The summed E-state index contributed by atoms with van der Waals surface area (Å²) < 4.78 is 3.60. The highest BCUT2D eigenvalue weighted by molar-refractivity contribution is 5.75. The smallest absolute Gasteiger partial charge is 0.335 e. The van der Waals surface area contributed by atoms with Gasteiger partial charge in [0.05, 0.1) is 22.9 Å². The van der Waals surface area contributed by atoms with E-state index in [4.69, 9.17) is 0 Å². The number of hydrogen-bond donors (Lipinski definition) is 1. The summed E-state index contributed by atoms with van der Waals surface area (Å²) in [6, 6.07) is 25.4. The molecule has 0 bridgehead atoms. The highest BCUT2D eigenvalue weighted by Gasteiger charge is 2.29. The molecule has 6 rings (SSSR count). The van der Waals surface area contributed by atoms with Gasteiger partial charge in [0.15, 0.2) is 5.65 Å². The standard InChI is InChI=1S/C28H25N5O2/c34-25-12-15-29-22(17-25)18-31-16-13-24(19-31)33-27-26(7-4-14-30-27)32(28(33)35)23-10-8-21(9-11-23)20-5-2-1-3-6-20/h1-12,14-15,17,24H,13,16,18-19H2,(H,29,34). The van der Waals surface area contributed by atoms with Crippen LogP contribution in [0, 0.1) is 0 Å². The lowest BCUT2D eigenvalue weighted by Crippen LogP contribution is -2.29. The molecule has 1 aliphatic heterocycles. The SMILES string of the molecule is O=c1n(-c2ccc(-c3ccccc3)cc2)c2cccnc2n1C1CCN(Cc2cc(O)ccn2)C1. The lowest BCUT2D eigenvalue weighted by Gasteiger charge is -2.16. The molecule has 0 saturated carbocycles. The number of likely N-dealkylation sites (tertiary alicyclic amines) is 1. The van der Waals surface area contributed by atoms with Gasteiger partial charge in [0, 0.05) is 38.1 Å². The monoisotopic (exact) mass is 463 g/mol. The number of aromatic nitrogens is 4. The van der Waals surface area contributed by atoms with Crippen LogP contribution in [-0.4, -0.2) is 42.2 Å². The van der Waals surface area contributed by atoms with Crippen LogP contribution < -0.4 is 5.69 Å². The average Bonchev–Trinajstić information content (AvgIpc) is 3.45. The van der Waals surface area contributed by atoms with Crippen molar-refractivity contribution in [3.05, 3.63) is 107 Å². The van der Waals surface area contributed by atoms with Crippen LogP contribution in [0.25, 0.3) is 28.0 Å². The van der Waals surface area contributed by atoms with Gasteiger partial charge in [-0.1, -0.05) is 42.5 Å². The van der Waals surface area contributed by atoms with E-state index in [9.17, 15) is 9.90 Å². The normalized spacial score (nSPS) is 16.2. The first-order valence-corrected chi connectivity index (χ1v) is 11.8. The molecule has 7 heteroatoms. The molecule has 1 N–H and O–H groups in total. The molecule has 1 fully saturated rings. The summed E-state index contributed by atoms with van der Waals surface area (Å²) in [5.74, 6) is 0.215. The van der Waals surface area contributed by atoms with Crippen molar-refractivity contribution in [2.75, 3.05) is 13.1 Å². The molecule has 1 atom stereocenters. The number of fused-ring (bicyclic) bond motifs is 1. The van der Waals surface area contributed by atoms with Crippen LogP contribution in [0.4, 0.5) is 0 Å². The number of rotatable bonds is 5. The van der Waals surface area contributed by atoms with Crippen molar-refractivity contribution in [3.8, 4) is 22.6 Å². The molecule has 1 unspecified atom stereocenters. The van der Waals surface area contributed by atoms with Gasteiger partial charge in [0.1, 0.15) is 5.75 Å². The van der Waals surface area contributed by atoms with E-state index in [1.807, 2.05) is 47.0 Å². The molecule has 3 aromatic heterocycles. The van der Waals surface area contributed by atoms with E-state index >= 15 is 0 Å². The summed E-state index contributed by atoms with van der Waals surface area (Å²) in [4.78, 5) is 25.0. The zero-order chi connectivity index (χ0) is 23.8. The van der Waals surface area contributed by atoms with Crippen LogP contribution in [0.3, 0.4) is 0 Å². The Morgan fingerprint density at radius 3 is 2.49 bits per heavy atom. The molecule has 5 aromatic rings. The van der Waals surface area contributed by atoms with Crippen molar-refractivity contribution in [2.45, 2.75) is 19.0 Å². The molecule has 1 saturated heterocycles. The maximum absolute atomic E-state index is 13.8. The van der Waals surface area contributed by atoms with Crippen LogP contribution in [0.1, 0.15) is 18.2 Å². The van der Waals surface area contributed by atoms with E-state index in [1.54, 1.807) is 29.1 Å². The Hall–Kier alpha value is -4.23. The summed E-state index contributed by atoms with van der Waals surface area (Å²) in [7, 11) is 0. The summed E-state index contributed by atoms with van der Waals surface area (Å²) >= 11 is 0. The van der Waals surface area contributed by atoms with Crippen LogP contribution in [0.15, 0.2) is 96.1 Å². The van der Waals surface area contributed by atoms with E-state index in [2.05, 4.69) is 39.1 Å². The van der Waals surface area contributed by atoms with Crippen LogP contribution in [-0.2, 0) is 6.54 Å². The molecule has 35 heavy (non-hydrogen) atoms. The lowest BCUT2D eigenvalue weighted by atomic mass is 10.1. The van der Waals surface area contributed by atoms with Crippen LogP contribution in [0.5, 0.6) is 5.75 Å². The fraction of sp³-hybridized carbons (Fsp3) is 0.179. The largest absolute Gasteiger partial charge is 0.508 e. The van der Waals surface area contributed by atoms with E-state index in [0.717, 1.165) is 47.5 Å². The predicted molar refractivity (Wildman–Crippen MR) is 136 cm³/mol. The number of nitrogens with zero attached hydrogens (tertiary/aromatic N) is 5. The Labute approximate surface area is 202 Å². The van der Waals surface area contributed by atoms with Gasteiger partial charge in [0.2, 0.25) is 0 Å². The molecule has 0 aliphatic carbocycles. The third-order valence-corrected chi connectivity index (χ3v) is 6.66. The Morgan fingerprint density at radius 2 is 1.69 bits per heavy atom. The third kappa shape index (κ3) is 4.00. The Kier molecular flexibility index (Phi) is 5.39. The topological polar surface area (TPSA) is 76.2 Å². The number of benzene rings is 2. The molecule has 0 spiro atoms. The first-order valence-electron chi connectivity index (χ1n) is 11.8. The minimum atomic E-state index is -0.0755. The van der Waals surface area contributed by atoms with Gasteiger partial charge in [-0.2, -0.15) is 0 Å². The highest BCUT2D eigenvalue weighted by atomic mass is 16.3. The van der Waals surface area contributed by atoms with Gasteiger partial charge in [0.25, 0.3) is 0 Å². The zero-order valence-electron chi connectivity index (χ0n) is 19.2. The van der Waals surface area contributed by atoms with Crippen molar-refractivity contribution < 1.29 is 5.11 Å². The Balaban J connectivity index is 1.33. The summed E-state index contributed by atoms with van der Waals surface area (Å²) in [6.45, 7) is 2.20. The van der Waals surface area contributed by atoms with E-state index in [0.29, 0.717) is 12.2 Å². The fourth-order valence-electron chi connectivity index (χ4n) is 5.01. The van der Waals surface area contributed by atoms with Gasteiger partial charge in [-0.05, 0) is 47.9 Å². The summed E-state index contributed by atoms with van der Waals surface area (Å²) in [6.07, 6.45) is 4.20. The second kappa shape index (κ2) is 8.85. The maximum Gasteiger partial charge on any atom is 0.335 e. The fourth-order valence-corrected chi connectivity index (χ4v) is 5.01. The number of imidazole rings is 1. The first-order chi connectivity index (χ1) is 17.2. The minimum absolute atomic E-state index is 0.0158. The second-order valence-electron chi connectivity index (χ2n) is 8.93. The molecule has 0 radical (unpaired) electrons. The molecular formula is C28H25N5O2. The quantitative estimate of drug-likeness (QED) is 0.418. The molecular weight excluding hydrogens is 438 g/mol. The number of pyridine rings is 2. The van der Waals surface area contributed by atoms with Crippen LogP contribution in [0.2, 0.25) is 0 Å². The molecule has 4 heterocycles. The Morgan fingerprint density at radius 1 is 0.886 bits per heavy atom. The van der Waals surface area contributed by atoms with Crippen molar-refractivity contribution in [3.63, 3.8) is 0 Å². The van der Waals surface area contributed by atoms with Gasteiger partial charge in [-0.3, -0.25) is 19.0 Å². The second-order valence-corrected chi connectivity index (χ2v) is 8.93. The zero-order valence-corrected chi connectivity index (χ0v) is 19.2. The predicted octanol–water partition coefficient (Wildman–Crippen LogP) is 4.40. The van der Waals surface area contributed by atoms with Gasteiger partial charge >= 0.3 is 5.69 Å². The average molecular weight is 464 g/mol. The summed E-state index contributed by atoms with van der Waals surface area (Å²) in [5, 5.41) is 9.75. The maximum atomic E-state index is 13.8. The van der Waals surface area contributed by atoms with Gasteiger partial charge in [-0.25, -0.2) is 9.78 Å². The lowest BCUT2D eigenvalue weighted by molar-refractivity contribution is 0.311. The van der Waals surface area contributed by atoms with Crippen LogP contribution >= 0.6 is 0 Å². The van der Waals surface area contributed by atoms with E-state index in [-0.39, 0.29) is 17.5 Å². The van der Waals surface area contributed by atoms with Gasteiger partial charge in [-0.15, -0.1) is 0 Å². The van der Waals surface area contributed by atoms with Crippen molar-refractivity contribution in [2.24, 2.45) is 0 Å². The third-order valence-electron chi connectivity index (χ3n) is 6.66. The van der Waals surface area contributed by atoms with E-state index < -0.39 is 0 Å². The van der Waals surface area contributed by atoms with Crippen molar-refractivity contribution in [1.29, 1.82) is 0 Å².